The van der Waals surface area contributed by atoms with Gasteiger partial charge in [-0.25, -0.2) is 0 Å². The lowest BCUT2D eigenvalue weighted by molar-refractivity contribution is -0.0911. The second-order valence-corrected chi connectivity index (χ2v) is 5.82. The van der Waals surface area contributed by atoms with Crippen molar-refractivity contribution in [2.75, 3.05) is 13.2 Å². The van der Waals surface area contributed by atoms with Gasteiger partial charge in [-0.1, -0.05) is 25.7 Å². The Kier molecular flexibility index (Phi) is 4.83. The summed E-state index contributed by atoms with van der Waals surface area (Å²) in [5.41, 5.74) is 0. The first-order valence-corrected chi connectivity index (χ1v) is 7.24. The van der Waals surface area contributed by atoms with Gasteiger partial charge >= 0.3 is 0 Å². The molecule has 1 saturated carbocycles. The van der Waals surface area contributed by atoms with E-state index in [9.17, 15) is 5.11 Å². The Morgan fingerprint density at radius 3 is 2.53 bits per heavy atom. The molecule has 1 heterocycles. The monoisotopic (exact) mass is 241 g/mol. The first-order chi connectivity index (χ1) is 8.18. The fourth-order valence-corrected chi connectivity index (χ4v) is 3.22. The number of nitrogens with zero attached hydrogens (tertiary/aromatic N) is 1. The summed E-state index contributed by atoms with van der Waals surface area (Å²) in [4.78, 5) is 2.49. The molecule has 4 unspecified atom stereocenters. The molecule has 2 fully saturated rings. The summed E-state index contributed by atoms with van der Waals surface area (Å²) in [6.45, 7) is 6.14. The zero-order chi connectivity index (χ0) is 12.3. The van der Waals surface area contributed by atoms with Gasteiger partial charge in [0.05, 0.1) is 18.8 Å². The highest BCUT2D eigenvalue weighted by molar-refractivity contribution is 4.87. The zero-order valence-corrected chi connectivity index (χ0v) is 11.3. The lowest BCUT2D eigenvalue weighted by Gasteiger charge is -2.44. The molecule has 0 radical (unpaired) electrons. The number of morpholine rings is 1. The molecule has 3 heteroatoms. The van der Waals surface area contributed by atoms with E-state index in [4.69, 9.17) is 4.74 Å². The number of rotatable bonds is 1. The van der Waals surface area contributed by atoms with Crippen LogP contribution in [0.1, 0.15) is 52.4 Å². The summed E-state index contributed by atoms with van der Waals surface area (Å²) in [6.07, 6.45) is 7.37. The smallest absolute Gasteiger partial charge is 0.0695 e. The molecule has 17 heavy (non-hydrogen) atoms. The molecule has 2 rings (SSSR count). The first-order valence-electron chi connectivity index (χ1n) is 7.24. The molecule has 3 nitrogen and oxygen atoms in total. The molecule has 0 aromatic heterocycles. The van der Waals surface area contributed by atoms with E-state index in [1.165, 1.54) is 25.7 Å². The van der Waals surface area contributed by atoms with Crippen LogP contribution in [0.15, 0.2) is 0 Å². The summed E-state index contributed by atoms with van der Waals surface area (Å²) in [5.74, 6) is 0. The van der Waals surface area contributed by atoms with Crippen LogP contribution in [0.4, 0.5) is 0 Å². The SMILES string of the molecule is CC1CN(C2CCCCCCC2O)C(C)CO1. The molecule has 1 aliphatic heterocycles. The van der Waals surface area contributed by atoms with Gasteiger partial charge in [0.1, 0.15) is 0 Å². The highest BCUT2D eigenvalue weighted by Crippen LogP contribution is 2.25. The standard InChI is InChI=1S/C14H27NO2/c1-11-10-17-12(2)9-15(11)13-7-5-3-4-6-8-14(13)16/h11-14,16H,3-10H2,1-2H3. The van der Waals surface area contributed by atoms with Crippen molar-refractivity contribution < 1.29 is 9.84 Å². The summed E-state index contributed by atoms with van der Waals surface area (Å²) >= 11 is 0. The molecule has 0 aromatic rings. The molecule has 0 aromatic carbocycles. The fraction of sp³-hybridized carbons (Fsp3) is 1.00. The summed E-state index contributed by atoms with van der Waals surface area (Å²) in [7, 11) is 0. The molecule has 0 amide bonds. The van der Waals surface area contributed by atoms with Crippen LogP contribution in [0.2, 0.25) is 0 Å². The van der Waals surface area contributed by atoms with Gasteiger partial charge in [-0.2, -0.15) is 0 Å². The average Bonchev–Trinajstić information content (AvgIpc) is 2.28. The van der Waals surface area contributed by atoms with E-state index in [2.05, 4.69) is 18.7 Å². The molecule has 0 bridgehead atoms. The third-order valence-corrected chi connectivity index (χ3v) is 4.28. The topological polar surface area (TPSA) is 32.7 Å². The third-order valence-electron chi connectivity index (χ3n) is 4.28. The van der Waals surface area contributed by atoms with E-state index < -0.39 is 0 Å². The van der Waals surface area contributed by atoms with Gasteiger partial charge in [0.15, 0.2) is 0 Å². The number of hydrogen-bond acceptors (Lipinski definition) is 3. The largest absolute Gasteiger partial charge is 0.391 e. The Morgan fingerprint density at radius 2 is 1.76 bits per heavy atom. The molecular formula is C14H27NO2. The summed E-state index contributed by atoms with van der Waals surface area (Å²) in [5, 5.41) is 10.3. The first kappa shape index (κ1) is 13.3. The van der Waals surface area contributed by atoms with Gasteiger partial charge in [-0.05, 0) is 26.7 Å². The molecule has 1 N–H and O–H groups in total. The van der Waals surface area contributed by atoms with Crippen molar-refractivity contribution in [3.8, 4) is 0 Å². The van der Waals surface area contributed by atoms with Crippen LogP contribution in [0.5, 0.6) is 0 Å². The van der Waals surface area contributed by atoms with Crippen molar-refractivity contribution in [2.24, 2.45) is 0 Å². The predicted octanol–water partition coefficient (Wildman–Crippen LogP) is 2.18. The highest BCUT2D eigenvalue weighted by atomic mass is 16.5. The van der Waals surface area contributed by atoms with Crippen LogP contribution in [0, 0.1) is 0 Å². The Hall–Kier alpha value is -0.120. The molecule has 4 atom stereocenters. The van der Waals surface area contributed by atoms with Gasteiger partial charge < -0.3 is 9.84 Å². The molecular weight excluding hydrogens is 214 g/mol. The van der Waals surface area contributed by atoms with E-state index >= 15 is 0 Å². The number of ether oxygens (including phenoxy) is 1. The second-order valence-electron chi connectivity index (χ2n) is 5.82. The van der Waals surface area contributed by atoms with Crippen LogP contribution in [0.3, 0.4) is 0 Å². The summed E-state index contributed by atoms with van der Waals surface area (Å²) in [6, 6.07) is 0.807. The van der Waals surface area contributed by atoms with Gasteiger partial charge in [0.25, 0.3) is 0 Å². The Balaban J connectivity index is 2.00. The van der Waals surface area contributed by atoms with Crippen LogP contribution in [-0.2, 0) is 4.74 Å². The average molecular weight is 241 g/mol. The van der Waals surface area contributed by atoms with Gasteiger partial charge in [-0.3, -0.25) is 4.90 Å². The number of hydrogen-bond donors (Lipinski definition) is 1. The van der Waals surface area contributed by atoms with Crippen molar-refractivity contribution in [1.82, 2.24) is 4.90 Å². The Labute approximate surface area is 105 Å². The minimum Gasteiger partial charge on any atom is -0.391 e. The molecule has 2 aliphatic rings. The van der Waals surface area contributed by atoms with Crippen molar-refractivity contribution in [1.29, 1.82) is 0 Å². The summed E-state index contributed by atoms with van der Waals surface area (Å²) < 4.78 is 5.68. The van der Waals surface area contributed by atoms with Gasteiger partial charge in [0.2, 0.25) is 0 Å². The second kappa shape index (κ2) is 6.17. The normalized spacial score (nSPS) is 41.8. The van der Waals surface area contributed by atoms with Crippen LogP contribution in [-0.4, -0.2) is 47.4 Å². The maximum atomic E-state index is 10.3. The van der Waals surface area contributed by atoms with Crippen molar-refractivity contribution in [2.45, 2.75) is 76.7 Å². The van der Waals surface area contributed by atoms with Crippen molar-refractivity contribution in [3.05, 3.63) is 0 Å². The Morgan fingerprint density at radius 1 is 1.06 bits per heavy atom. The predicted molar refractivity (Wildman–Crippen MR) is 69.1 cm³/mol. The fourth-order valence-electron chi connectivity index (χ4n) is 3.22. The molecule has 1 aliphatic carbocycles. The van der Waals surface area contributed by atoms with E-state index in [1.807, 2.05) is 0 Å². The maximum Gasteiger partial charge on any atom is 0.0695 e. The minimum atomic E-state index is -0.136. The van der Waals surface area contributed by atoms with E-state index in [0.717, 1.165) is 26.0 Å². The molecule has 0 spiro atoms. The van der Waals surface area contributed by atoms with Crippen molar-refractivity contribution in [3.63, 3.8) is 0 Å². The molecule has 100 valence electrons. The van der Waals surface area contributed by atoms with E-state index in [-0.39, 0.29) is 6.10 Å². The Bertz CT molecular complexity index is 234. The molecule has 1 saturated heterocycles. The van der Waals surface area contributed by atoms with Gasteiger partial charge in [-0.15, -0.1) is 0 Å². The number of aliphatic hydroxyl groups is 1. The highest BCUT2D eigenvalue weighted by Gasteiger charge is 2.33. The van der Waals surface area contributed by atoms with Crippen molar-refractivity contribution >= 4 is 0 Å². The lowest BCUT2D eigenvalue weighted by atomic mass is 9.92. The van der Waals surface area contributed by atoms with E-state index in [0.29, 0.717) is 18.2 Å². The third kappa shape index (κ3) is 3.43. The van der Waals surface area contributed by atoms with Crippen LogP contribution < -0.4 is 0 Å². The lowest BCUT2D eigenvalue weighted by Crippen LogP contribution is -2.55. The number of aliphatic hydroxyl groups excluding tert-OH is 1. The maximum absolute atomic E-state index is 10.3. The quantitative estimate of drug-likeness (QED) is 0.764. The van der Waals surface area contributed by atoms with Crippen LogP contribution in [0.25, 0.3) is 0 Å². The zero-order valence-electron chi connectivity index (χ0n) is 11.3. The van der Waals surface area contributed by atoms with Crippen LogP contribution >= 0.6 is 0 Å². The van der Waals surface area contributed by atoms with Gasteiger partial charge in [0, 0.05) is 18.6 Å². The minimum absolute atomic E-state index is 0.136. The van der Waals surface area contributed by atoms with E-state index in [1.54, 1.807) is 0 Å².